The molecule has 0 atom stereocenters. The van der Waals surface area contributed by atoms with Gasteiger partial charge >= 0.3 is 11.9 Å². The Hall–Kier alpha value is -2.72. The Kier molecular flexibility index (Phi) is 9.20. The number of aliphatic carboxylic acids is 2. The fraction of sp³-hybridized carbons (Fsp3) is 0.619. The molecule has 3 aliphatic rings. The highest BCUT2D eigenvalue weighted by Crippen LogP contribution is 2.73. The van der Waals surface area contributed by atoms with Gasteiger partial charge in [-0.3, -0.25) is 9.59 Å². The minimum atomic E-state index is -1.16. The largest absolute Gasteiger partial charge is 0.478 e. The lowest BCUT2D eigenvalue weighted by molar-refractivity contribution is -0.253. The lowest BCUT2D eigenvalue weighted by atomic mass is 9.35. The van der Waals surface area contributed by atoms with Crippen molar-refractivity contribution in [2.75, 3.05) is 39.5 Å². The summed E-state index contributed by atoms with van der Waals surface area (Å²) >= 11 is 0. The average Bonchev–Trinajstić information content (AvgIpc) is 2.65. The van der Waals surface area contributed by atoms with Crippen LogP contribution in [0.15, 0.2) is 24.3 Å². The molecule has 31 heavy (non-hydrogen) atoms. The smallest absolute Gasteiger partial charge is 0.328 e. The fourth-order valence-electron chi connectivity index (χ4n) is 4.30. The van der Waals surface area contributed by atoms with Gasteiger partial charge in [-0.25, -0.2) is 9.59 Å². The van der Waals surface area contributed by atoms with Crippen LogP contribution in [0.3, 0.4) is 0 Å². The zero-order chi connectivity index (χ0) is 22.7. The molecule has 2 amide bonds. The molecular formula is C21H30N2O8. The van der Waals surface area contributed by atoms with E-state index in [0.29, 0.717) is 52.4 Å². The number of carboxylic acids is 2. The second-order valence-electron chi connectivity index (χ2n) is 8.27. The quantitative estimate of drug-likeness (QED) is 0.201. The lowest BCUT2D eigenvalue weighted by Crippen LogP contribution is -2.65. The number of carbonyl (C=O) groups is 4. The molecule has 0 spiro atoms. The van der Waals surface area contributed by atoms with Crippen molar-refractivity contribution >= 4 is 23.8 Å². The molecule has 10 nitrogen and oxygen atoms in total. The molecule has 0 radical (unpaired) electrons. The van der Waals surface area contributed by atoms with Crippen LogP contribution in [0.2, 0.25) is 0 Å². The maximum atomic E-state index is 11.3. The molecule has 172 valence electrons. The van der Waals surface area contributed by atoms with E-state index < -0.39 is 23.8 Å². The van der Waals surface area contributed by atoms with E-state index in [2.05, 4.69) is 10.6 Å². The third-order valence-electron chi connectivity index (χ3n) is 5.35. The summed E-state index contributed by atoms with van der Waals surface area (Å²) < 4.78 is 11.5. The van der Waals surface area contributed by atoms with E-state index in [4.69, 9.17) is 19.7 Å². The molecular weight excluding hydrogens is 408 g/mol. The second-order valence-corrected chi connectivity index (χ2v) is 8.27. The number of ether oxygens (including phenoxy) is 2. The van der Waals surface area contributed by atoms with Crippen molar-refractivity contribution in [3.63, 3.8) is 0 Å². The maximum absolute atomic E-state index is 11.3. The summed E-state index contributed by atoms with van der Waals surface area (Å²) in [6, 6.07) is 0. The van der Waals surface area contributed by atoms with E-state index in [1.54, 1.807) is 0 Å². The first-order valence-corrected chi connectivity index (χ1v) is 10.3. The Balaban J connectivity index is 1.41. The number of rotatable bonds is 16. The first kappa shape index (κ1) is 24.5. The minimum Gasteiger partial charge on any atom is -0.478 e. The summed E-state index contributed by atoms with van der Waals surface area (Å²) in [6.45, 7) is 3.37. The molecule has 10 heteroatoms. The second kappa shape index (κ2) is 11.6. The minimum absolute atomic E-state index is 0.265. The van der Waals surface area contributed by atoms with Crippen molar-refractivity contribution in [2.45, 2.75) is 32.1 Å². The number of amides is 2. The molecule has 0 aromatic heterocycles. The van der Waals surface area contributed by atoms with Crippen LogP contribution in [-0.2, 0) is 28.7 Å². The molecule has 0 aromatic carbocycles. The average molecular weight is 438 g/mol. The number of hydrogen-bond donors (Lipinski definition) is 4. The van der Waals surface area contributed by atoms with Crippen molar-refractivity contribution in [1.29, 1.82) is 0 Å². The maximum Gasteiger partial charge on any atom is 0.328 e. The molecule has 0 aliphatic heterocycles. The predicted molar refractivity (Wildman–Crippen MR) is 109 cm³/mol. The summed E-state index contributed by atoms with van der Waals surface area (Å²) in [4.78, 5) is 43.2. The van der Waals surface area contributed by atoms with E-state index in [1.807, 2.05) is 0 Å². The van der Waals surface area contributed by atoms with Gasteiger partial charge in [0.1, 0.15) is 0 Å². The van der Waals surface area contributed by atoms with Crippen LogP contribution in [0.1, 0.15) is 32.1 Å². The Bertz CT molecular complexity index is 653. The molecule has 0 saturated heterocycles. The topological polar surface area (TPSA) is 151 Å². The van der Waals surface area contributed by atoms with Crippen molar-refractivity contribution in [3.05, 3.63) is 24.3 Å². The molecule has 3 aliphatic carbocycles. The van der Waals surface area contributed by atoms with Crippen LogP contribution in [-0.4, -0.2) is 73.5 Å². The monoisotopic (exact) mass is 438 g/mol. The van der Waals surface area contributed by atoms with Crippen molar-refractivity contribution in [2.24, 2.45) is 10.8 Å². The number of carboxylic acid groups (broad SMARTS) is 2. The highest BCUT2D eigenvalue weighted by Gasteiger charge is 2.67. The van der Waals surface area contributed by atoms with Crippen LogP contribution in [0.5, 0.6) is 0 Å². The molecule has 2 bridgehead atoms. The van der Waals surface area contributed by atoms with Crippen molar-refractivity contribution < 1.29 is 38.9 Å². The standard InChI is InChI=1S/C21H30N2O8/c24-16(3-5-18(26)27)22-7-1-9-30-14-20-11-21(12-20,13-20)15-31-10-2-8-23-17(25)4-6-19(28)29/h3-6H,1-2,7-15H2,(H,22,24)(H,23,25)(H,26,27)(H,28,29)/b5-3-,6-4-. The van der Waals surface area contributed by atoms with Gasteiger partial charge in [0.15, 0.2) is 0 Å². The normalized spacial score (nSPS) is 23.9. The van der Waals surface area contributed by atoms with Gasteiger partial charge in [0.05, 0.1) is 13.2 Å². The van der Waals surface area contributed by atoms with Crippen molar-refractivity contribution in [3.8, 4) is 0 Å². The van der Waals surface area contributed by atoms with Crippen molar-refractivity contribution in [1.82, 2.24) is 10.6 Å². The Morgan fingerprint density at radius 3 is 1.45 bits per heavy atom. The number of nitrogens with one attached hydrogen (secondary N) is 2. The summed E-state index contributed by atoms with van der Waals surface area (Å²) in [6.07, 6.45) is 8.18. The fourth-order valence-corrected chi connectivity index (χ4v) is 4.30. The zero-order valence-corrected chi connectivity index (χ0v) is 17.4. The summed E-state index contributed by atoms with van der Waals surface area (Å²) in [5, 5.41) is 22.1. The van der Waals surface area contributed by atoms with Gasteiger partial charge in [0.2, 0.25) is 11.8 Å². The predicted octanol–water partition coefficient (Wildman–Crippen LogP) is 0.484. The summed E-state index contributed by atoms with van der Waals surface area (Å²) in [5.74, 6) is -3.17. The Morgan fingerprint density at radius 2 is 1.10 bits per heavy atom. The van der Waals surface area contributed by atoms with Crippen LogP contribution < -0.4 is 10.6 Å². The van der Waals surface area contributed by atoms with E-state index in [1.165, 1.54) is 0 Å². The highest BCUT2D eigenvalue weighted by molar-refractivity contribution is 5.94. The van der Waals surface area contributed by atoms with Crippen LogP contribution >= 0.6 is 0 Å². The molecule has 3 saturated carbocycles. The summed E-state index contributed by atoms with van der Waals surface area (Å²) in [7, 11) is 0. The number of hydrogen-bond acceptors (Lipinski definition) is 6. The zero-order valence-electron chi connectivity index (χ0n) is 17.4. The highest BCUT2D eigenvalue weighted by atomic mass is 16.5. The first-order chi connectivity index (χ1) is 14.7. The van der Waals surface area contributed by atoms with Gasteiger partial charge < -0.3 is 30.3 Å². The van der Waals surface area contributed by atoms with E-state index in [0.717, 1.165) is 43.6 Å². The Labute approximate surface area is 180 Å². The molecule has 0 aromatic rings. The molecule has 3 fully saturated rings. The van der Waals surface area contributed by atoms with Crippen LogP contribution in [0.4, 0.5) is 0 Å². The van der Waals surface area contributed by atoms with Gasteiger partial charge in [-0.1, -0.05) is 0 Å². The van der Waals surface area contributed by atoms with E-state index >= 15 is 0 Å². The third-order valence-corrected chi connectivity index (χ3v) is 5.35. The van der Waals surface area contributed by atoms with Gasteiger partial charge in [0, 0.05) is 50.6 Å². The van der Waals surface area contributed by atoms with E-state index in [9.17, 15) is 19.2 Å². The van der Waals surface area contributed by atoms with Crippen LogP contribution in [0, 0.1) is 10.8 Å². The number of carbonyl (C=O) groups excluding carboxylic acids is 2. The van der Waals surface area contributed by atoms with E-state index in [-0.39, 0.29) is 10.8 Å². The van der Waals surface area contributed by atoms with Crippen LogP contribution in [0.25, 0.3) is 0 Å². The third kappa shape index (κ3) is 8.50. The van der Waals surface area contributed by atoms with Gasteiger partial charge in [-0.2, -0.15) is 0 Å². The Morgan fingerprint density at radius 1 is 0.710 bits per heavy atom. The first-order valence-electron chi connectivity index (χ1n) is 10.3. The molecule has 0 heterocycles. The molecule has 3 rings (SSSR count). The molecule has 4 N–H and O–H groups in total. The lowest BCUT2D eigenvalue weighted by Gasteiger charge is -2.70. The van der Waals surface area contributed by atoms with Gasteiger partial charge in [-0.05, 0) is 42.9 Å². The SMILES string of the molecule is O=C(O)/C=C\C(=O)NCCCOCC12CC(COCCCNC(=O)/C=C\C(=O)O)(C1)C2. The summed E-state index contributed by atoms with van der Waals surface area (Å²) in [5.41, 5.74) is 0.530. The molecule has 0 unspecified atom stereocenters. The van der Waals surface area contributed by atoms with Gasteiger partial charge in [0.25, 0.3) is 0 Å². The van der Waals surface area contributed by atoms with Gasteiger partial charge in [-0.15, -0.1) is 0 Å².